The Balaban J connectivity index is 0.00000158. The van der Waals surface area contributed by atoms with E-state index in [-0.39, 0.29) is 18.1 Å². The van der Waals surface area contributed by atoms with E-state index in [1.807, 2.05) is 87.5 Å². The van der Waals surface area contributed by atoms with Gasteiger partial charge in [0.15, 0.2) is 5.82 Å². The third-order valence-corrected chi connectivity index (χ3v) is 4.92. The van der Waals surface area contributed by atoms with E-state index in [1.165, 1.54) is 12.1 Å². The van der Waals surface area contributed by atoms with Crippen LogP contribution >= 0.6 is 0 Å². The molecule has 34 heavy (non-hydrogen) atoms. The van der Waals surface area contributed by atoms with Gasteiger partial charge in [-0.1, -0.05) is 80.1 Å². The minimum Gasteiger partial charge on any atom is -0.309 e. The lowest BCUT2D eigenvalue weighted by Gasteiger charge is -2.10. The number of carbonyl (C=O) groups excluding carboxylic acids is 1. The Hall–Kier alpha value is -4.12. The fraction of sp³-hybridized carbons (Fsp3) is 0.138. The molecule has 0 aliphatic heterocycles. The van der Waals surface area contributed by atoms with Gasteiger partial charge in [0.05, 0.1) is 18.3 Å². The summed E-state index contributed by atoms with van der Waals surface area (Å²) < 4.78 is 13.3. The first-order valence-electron chi connectivity index (χ1n) is 11.3. The van der Waals surface area contributed by atoms with Crippen molar-refractivity contribution < 1.29 is 9.18 Å². The van der Waals surface area contributed by atoms with Gasteiger partial charge in [0.1, 0.15) is 11.5 Å². The molecule has 0 spiro atoms. The standard InChI is InChI=1S/C27H22FN3O.C2H6/c1-19-7-9-21(10-8-19)17-26(32)31-27-24(16-11-20-5-3-2-4-6-20)30-25(18-29-27)22-12-14-23(28)15-13-22;1-2/h2-16,18H,17H2,1H3,(H,29,31,32);1-2H3/b16-11+;. The van der Waals surface area contributed by atoms with Crippen LogP contribution in [0.4, 0.5) is 10.2 Å². The lowest BCUT2D eigenvalue weighted by atomic mass is 10.1. The molecule has 0 saturated carbocycles. The molecule has 1 aromatic heterocycles. The van der Waals surface area contributed by atoms with E-state index in [4.69, 9.17) is 0 Å². The fourth-order valence-corrected chi connectivity index (χ4v) is 3.18. The van der Waals surface area contributed by atoms with Crippen molar-refractivity contribution in [3.63, 3.8) is 0 Å². The Kier molecular flexibility index (Phi) is 8.81. The van der Waals surface area contributed by atoms with Crippen LogP contribution in [0.25, 0.3) is 23.4 Å². The van der Waals surface area contributed by atoms with E-state index in [9.17, 15) is 9.18 Å². The zero-order valence-corrected chi connectivity index (χ0v) is 19.6. The summed E-state index contributed by atoms with van der Waals surface area (Å²) in [5.74, 6) is -0.113. The van der Waals surface area contributed by atoms with Gasteiger partial charge >= 0.3 is 0 Å². The molecule has 0 aliphatic carbocycles. The molecule has 4 aromatic rings. The monoisotopic (exact) mass is 453 g/mol. The van der Waals surface area contributed by atoms with Crippen molar-refractivity contribution in [2.45, 2.75) is 27.2 Å². The van der Waals surface area contributed by atoms with Crippen LogP contribution in [0.3, 0.4) is 0 Å². The SMILES string of the molecule is CC.Cc1ccc(CC(=O)Nc2ncc(-c3ccc(F)cc3)nc2/C=C/c2ccccc2)cc1. The number of nitrogens with one attached hydrogen (secondary N) is 1. The van der Waals surface area contributed by atoms with E-state index in [1.54, 1.807) is 18.3 Å². The van der Waals surface area contributed by atoms with Gasteiger partial charge in [0.2, 0.25) is 5.91 Å². The number of hydrogen-bond acceptors (Lipinski definition) is 3. The lowest BCUT2D eigenvalue weighted by molar-refractivity contribution is -0.115. The van der Waals surface area contributed by atoms with Gasteiger partial charge in [0, 0.05) is 5.56 Å². The number of nitrogens with zero attached hydrogens (tertiary/aromatic N) is 2. The molecule has 0 unspecified atom stereocenters. The summed E-state index contributed by atoms with van der Waals surface area (Å²) >= 11 is 0. The van der Waals surface area contributed by atoms with E-state index < -0.39 is 0 Å². The Morgan fingerprint density at radius 2 is 1.59 bits per heavy atom. The average molecular weight is 454 g/mol. The minimum atomic E-state index is -0.314. The summed E-state index contributed by atoms with van der Waals surface area (Å²) in [4.78, 5) is 21.8. The maximum absolute atomic E-state index is 13.3. The molecule has 3 aromatic carbocycles. The molecule has 5 heteroatoms. The predicted molar refractivity (Wildman–Crippen MR) is 138 cm³/mol. The van der Waals surface area contributed by atoms with Gasteiger partial charge in [0.25, 0.3) is 0 Å². The first-order chi connectivity index (χ1) is 16.6. The summed E-state index contributed by atoms with van der Waals surface area (Å²) in [5, 5.41) is 2.87. The molecular formula is C29H28FN3O. The lowest BCUT2D eigenvalue weighted by Crippen LogP contribution is -2.16. The average Bonchev–Trinajstić information content (AvgIpc) is 2.87. The summed E-state index contributed by atoms with van der Waals surface area (Å²) in [6.45, 7) is 6.01. The molecular weight excluding hydrogens is 425 g/mol. The summed E-state index contributed by atoms with van der Waals surface area (Å²) in [6, 6.07) is 23.7. The highest BCUT2D eigenvalue weighted by atomic mass is 19.1. The number of carbonyl (C=O) groups is 1. The van der Waals surface area contributed by atoms with Crippen LogP contribution in [0.1, 0.15) is 36.2 Å². The summed E-state index contributed by atoms with van der Waals surface area (Å²) in [7, 11) is 0. The van der Waals surface area contributed by atoms with Crippen LogP contribution in [-0.2, 0) is 11.2 Å². The maximum Gasteiger partial charge on any atom is 0.230 e. The van der Waals surface area contributed by atoms with E-state index in [0.29, 0.717) is 17.2 Å². The summed E-state index contributed by atoms with van der Waals surface area (Å²) in [5.41, 5.74) is 4.92. The van der Waals surface area contributed by atoms with Crippen molar-refractivity contribution in [3.8, 4) is 11.3 Å². The number of rotatable bonds is 6. The van der Waals surface area contributed by atoms with Gasteiger partial charge in [-0.3, -0.25) is 4.79 Å². The van der Waals surface area contributed by atoms with E-state index >= 15 is 0 Å². The maximum atomic E-state index is 13.3. The van der Waals surface area contributed by atoms with E-state index in [2.05, 4.69) is 15.3 Å². The number of aromatic nitrogens is 2. The number of benzene rings is 3. The molecule has 172 valence electrons. The van der Waals surface area contributed by atoms with Crippen LogP contribution in [0.5, 0.6) is 0 Å². The molecule has 0 fully saturated rings. The second-order valence-electron chi connectivity index (χ2n) is 7.45. The topological polar surface area (TPSA) is 54.9 Å². The highest BCUT2D eigenvalue weighted by molar-refractivity contribution is 5.93. The Labute approximate surface area is 200 Å². The highest BCUT2D eigenvalue weighted by Gasteiger charge is 2.11. The molecule has 1 amide bonds. The number of hydrogen-bond donors (Lipinski definition) is 1. The molecule has 0 radical (unpaired) electrons. The quantitative estimate of drug-likeness (QED) is 0.343. The van der Waals surface area contributed by atoms with Crippen LogP contribution in [0.2, 0.25) is 0 Å². The molecule has 4 nitrogen and oxygen atoms in total. The number of halogens is 1. The normalized spacial score (nSPS) is 10.5. The number of anilines is 1. The van der Waals surface area contributed by atoms with Crippen molar-refractivity contribution in [1.82, 2.24) is 9.97 Å². The predicted octanol–water partition coefficient (Wildman–Crippen LogP) is 6.97. The third-order valence-electron chi connectivity index (χ3n) is 4.92. The van der Waals surface area contributed by atoms with Gasteiger partial charge in [-0.25, -0.2) is 14.4 Å². The zero-order chi connectivity index (χ0) is 24.3. The second kappa shape index (κ2) is 12.2. The largest absolute Gasteiger partial charge is 0.309 e. The molecule has 1 heterocycles. The molecule has 0 atom stereocenters. The van der Waals surface area contributed by atoms with Gasteiger partial charge in [-0.05, 0) is 48.4 Å². The smallest absolute Gasteiger partial charge is 0.230 e. The fourth-order valence-electron chi connectivity index (χ4n) is 3.18. The highest BCUT2D eigenvalue weighted by Crippen LogP contribution is 2.22. The molecule has 0 saturated heterocycles. The Morgan fingerprint density at radius 3 is 2.26 bits per heavy atom. The van der Waals surface area contributed by atoms with Gasteiger partial charge in [-0.2, -0.15) is 0 Å². The molecule has 0 aliphatic rings. The van der Waals surface area contributed by atoms with Crippen LogP contribution < -0.4 is 5.32 Å². The van der Waals surface area contributed by atoms with Crippen molar-refractivity contribution in [1.29, 1.82) is 0 Å². The molecule has 4 rings (SSSR count). The molecule has 0 bridgehead atoms. The van der Waals surface area contributed by atoms with Gasteiger partial charge < -0.3 is 5.32 Å². The first-order valence-corrected chi connectivity index (χ1v) is 11.3. The Bertz CT molecular complexity index is 1230. The zero-order valence-electron chi connectivity index (χ0n) is 19.6. The van der Waals surface area contributed by atoms with Crippen molar-refractivity contribution in [2.75, 3.05) is 5.32 Å². The van der Waals surface area contributed by atoms with E-state index in [0.717, 1.165) is 22.3 Å². The molecule has 1 N–H and O–H groups in total. The van der Waals surface area contributed by atoms with Crippen molar-refractivity contribution in [2.24, 2.45) is 0 Å². The number of aryl methyl sites for hydroxylation is 1. The van der Waals surface area contributed by atoms with Crippen LogP contribution in [0, 0.1) is 12.7 Å². The van der Waals surface area contributed by atoms with Crippen molar-refractivity contribution >= 4 is 23.9 Å². The van der Waals surface area contributed by atoms with Gasteiger partial charge in [-0.15, -0.1) is 0 Å². The summed E-state index contributed by atoms with van der Waals surface area (Å²) in [6.07, 6.45) is 5.54. The van der Waals surface area contributed by atoms with Crippen molar-refractivity contribution in [3.05, 3.63) is 113 Å². The van der Waals surface area contributed by atoms with Crippen LogP contribution in [-0.4, -0.2) is 15.9 Å². The third kappa shape index (κ3) is 6.94. The number of amides is 1. The minimum absolute atomic E-state index is 0.174. The second-order valence-corrected chi connectivity index (χ2v) is 7.45. The van der Waals surface area contributed by atoms with Crippen LogP contribution in [0.15, 0.2) is 85.1 Å². The first kappa shape index (κ1) is 24.5. The Morgan fingerprint density at radius 1 is 0.912 bits per heavy atom.